The Kier molecular flexibility index (Phi) is 5.40. The minimum absolute atomic E-state index is 0.0195. The largest absolute Gasteiger partial charge is 0.467 e. The summed E-state index contributed by atoms with van der Waals surface area (Å²) >= 11 is 0. The van der Waals surface area contributed by atoms with Crippen LogP contribution >= 0.6 is 0 Å². The number of carbonyl (C=O) groups is 1. The van der Waals surface area contributed by atoms with E-state index in [1.807, 2.05) is 6.07 Å². The van der Waals surface area contributed by atoms with E-state index in [1.165, 1.54) is 6.42 Å². The molecule has 1 fully saturated rings. The van der Waals surface area contributed by atoms with Gasteiger partial charge in [-0.15, -0.1) is 0 Å². The minimum atomic E-state index is -0.372. The van der Waals surface area contributed by atoms with Crippen molar-refractivity contribution < 1.29 is 9.21 Å². The summed E-state index contributed by atoms with van der Waals surface area (Å²) in [7, 11) is 0. The van der Waals surface area contributed by atoms with Gasteiger partial charge in [0.25, 0.3) is 0 Å². The van der Waals surface area contributed by atoms with E-state index in [1.54, 1.807) is 17.2 Å². The second-order valence-electron chi connectivity index (χ2n) is 5.90. The SMILES string of the molecule is N#CCCN(Cc1ccco1)C(=O)CC1(N)CCCCC1. The van der Waals surface area contributed by atoms with Gasteiger partial charge >= 0.3 is 0 Å². The molecule has 2 rings (SSSR count). The molecule has 0 spiro atoms. The normalized spacial score (nSPS) is 17.1. The molecule has 0 atom stereocenters. The molecule has 5 nitrogen and oxygen atoms in total. The monoisotopic (exact) mass is 289 g/mol. The van der Waals surface area contributed by atoms with Crippen LogP contribution in [0.3, 0.4) is 0 Å². The number of hydrogen-bond donors (Lipinski definition) is 1. The second kappa shape index (κ2) is 7.28. The number of hydrogen-bond acceptors (Lipinski definition) is 4. The first-order valence-corrected chi connectivity index (χ1v) is 7.59. The van der Waals surface area contributed by atoms with Crippen molar-refractivity contribution in [3.8, 4) is 6.07 Å². The molecular weight excluding hydrogens is 266 g/mol. The van der Waals surface area contributed by atoms with Crippen molar-refractivity contribution in [3.63, 3.8) is 0 Å². The number of nitriles is 1. The summed E-state index contributed by atoms with van der Waals surface area (Å²) in [6.45, 7) is 0.829. The van der Waals surface area contributed by atoms with Gasteiger partial charge < -0.3 is 15.1 Å². The first kappa shape index (κ1) is 15.6. The van der Waals surface area contributed by atoms with Crippen LogP contribution in [0.15, 0.2) is 22.8 Å². The summed E-state index contributed by atoms with van der Waals surface area (Å²) in [6, 6.07) is 5.73. The van der Waals surface area contributed by atoms with E-state index in [4.69, 9.17) is 15.4 Å². The average Bonchev–Trinajstić information content (AvgIpc) is 2.96. The van der Waals surface area contributed by atoms with Crippen LogP contribution in [0.4, 0.5) is 0 Å². The number of nitrogens with two attached hydrogens (primary N) is 1. The quantitative estimate of drug-likeness (QED) is 0.872. The third-order valence-electron chi connectivity index (χ3n) is 4.13. The number of rotatable bonds is 6. The van der Waals surface area contributed by atoms with E-state index in [0.29, 0.717) is 25.9 Å². The molecule has 1 aliphatic rings. The maximum absolute atomic E-state index is 12.5. The van der Waals surface area contributed by atoms with E-state index >= 15 is 0 Å². The number of carbonyl (C=O) groups excluding carboxylic acids is 1. The van der Waals surface area contributed by atoms with Gasteiger partial charge in [-0.2, -0.15) is 5.26 Å². The molecule has 0 aromatic carbocycles. The molecule has 0 saturated heterocycles. The molecule has 1 aliphatic carbocycles. The van der Waals surface area contributed by atoms with E-state index < -0.39 is 0 Å². The van der Waals surface area contributed by atoms with Gasteiger partial charge in [-0.3, -0.25) is 4.79 Å². The predicted octanol–water partition coefficient (Wildman–Crippen LogP) is 2.57. The smallest absolute Gasteiger partial charge is 0.224 e. The summed E-state index contributed by atoms with van der Waals surface area (Å²) in [6.07, 6.45) is 7.49. The summed E-state index contributed by atoms with van der Waals surface area (Å²) in [5.41, 5.74) is 5.99. The topological polar surface area (TPSA) is 83.3 Å². The van der Waals surface area contributed by atoms with E-state index in [0.717, 1.165) is 31.4 Å². The zero-order valence-electron chi connectivity index (χ0n) is 12.4. The number of amides is 1. The average molecular weight is 289 g/mol. The van der Waals surface area contributed by atoms with Gasteiger partial charge in [-0.25, -0.2) is 0 Å². The predicted molar refractivity (Wildman–Crippen MR) is 79.0 cm³/mol. The molecule has 0 bridgehead atoms. The Balaban J connectivity index is 1.97. The van der Waals surface area contributed by atoms with Crippen molar-refractivity contribution in [1.82, 2.24) is 4.90 Å². The maximum atomic E-state index is 12.5. The second-order valence-corrected chi connectivity index (χ2v) is 5.90. The van der Waals surface area contributed by atoms with Crippen LogP contribution in [0, 0.1) is 11.3 Å². The fourth-order valence-corrected chi connectivity index (χ4v) is 2.91. The van der Waals surface area contributed by atoms with Crippen LogP contribution < -0.4 is 5.73 Å². The van der Waals surface area contributed by atoms with Crippen molar-refractivity contribution in [1.29, 1.82) is 5.26 Å². The summed E-state index contributed by atoms with van der Waals surface area (Å²) in [4.78, 5) is 14.2. The third-order valence-corrected chi connectivity index (χ3v) is 4.13. The first-order valence-electron chi connectivity index (χ1n) is 7.59. The molecule has 1 aromatic heterocycles. The Labute approximate surface area is 125 Å². The van der Waals surface area contributed by atoms with Crippen LogP contribution in [0.25, 0.3) is 0 Å². The lowest BCUT2D eigenvalue weighted by molar-refractivity contribution is -0.133. The van der Waals surface area contributed by atoms with Gasteiger partial charge in [0, 0.05) is 18.5 Å². The molecule has 1 amide bonds. The Hall–Kier alpha value is -1.80. The van der Waals surface area contributed by atoms with Crippen LogP contribution in [-0.2, 0) is 11.3 Å². The molecule has 5 heteroatoms. The molecule has 21 heavy (non-hydrogen) atoms. The lowest BCUT2D eigenvalue weighted by Crippen LogP contribution is -2.47. The number of nitrogens with zero attached hydrogens (tertiary/aromatic N) is 2. The van der Waals surface area contributed by atoms with Gasteiger partial charge in [0.2, 0.25) is 5.91 Å². The maximum Gasteiger partial charge on any atom is 0.224 e. The van der Waals surface area contributed by atoms with Crippen molar-refractivity contribution >= 4 is 5.91 Å². The van der Waals surface area contributed by atoms with Crippen LogP contribution in [0.2, 0.25) is 0 Å². The van der Waals surface area contributed by atoms with Gasteiger partial charge in [-0.05, 0) is 25.0 Å². The molecule has 1 heterocycles. The Morgan fingerprint density at radius 1 is 1.43 bits per heavy atom. The van der Waals surface area contributed by atoms with Gasteiger partial charge in [0.05, 0.1) is 25.3 Å². The molecule has 1 aromatic rings. The molecular formula is C16H23N3O2. The molecule has 0 radical (unpaired) electrons. The van der Waals surface area contributed by atoms with E-state index in [9.17, 15) is 4.79 Å². The van der Waals surface area contributed by atoms with Crippen molar-refractivity contribution in [2.24, 2.45) is 5.73 Å². The summed E-state index contributed by atoms with van der Waals surface area (Å²) in [5, 5.41) is 8.76. The highest BCUT2D eigenvalue weighted by atomic mass is 16.3. The lowest BCUT2D eigenvalue weighted by atomic mass is 9.80. The molecule has 0 aliphatic heterocycles. The fourth-order valence-electron chi connectivity index (χ4n) is 2.91. The molecule has 1 saturated carbocycles. The standard InChI is InChI=1S/C16H23N3O2/c17-9-5-10-19(13-14-6-4-11-21-14)15(20)12-16(18)7-2-1-3-8-16/h4,6,11H,1-3,5,7-8,10,12-13,18H2. The van der Waals surface area contributed by atoms with Crippen molar-refractivity contribution in [3.05, 3.63) is 24.2 Å². The third kappa shape index (κ3) is 4.61. The zero-order chi connectivity index (χ0) is 15.1. The van der Waals surface area contributed by atoms with Gasteiger partial charge in [0.15, 0.2) is 0 Å². The van der Waals surface area contributed by atoms with E-state index in [-0.39, 0.29) is 11.4 Å². The Morgan fingerprint density at radius 2 is 2.19 bits per heavy atom. The lowest BCUT2D eigenvalue weighted by Gasteiger charge is -2.34. The van der Waals surface area contributed by atoms with Crippen LogP contribution in [0.1, 0.15) is 50.7 Å². The highest BCUT2D eigenvalue weighted by molar-refractivity contribution is 5.77. The van der Waals surface area contributed by atoms with E-state index in [2.05, 4.69) is 6.07 Å². The van der Waals surface area contributed by atoms with Crippen molar-refractivity contribution in [2.45, 2.75) is 57.0 Å². The van der Waals surface area contributed by atoms with Crippen LogP contribution in [-0.4, -0.2) is 22.9 Å². The molecule has 2 N–H and O–H groups in total. The minimum Gasteiger partial charge on any atom is -0.467 e. The summed E-state index contributed by atoms with van der Waals surface area (Å²) < 4.78 is 5.30. The number of furan rings is 1. The Morgan fingerprint density at radius 3 is 2.81 bits per heavy atom. The highest BCUT2D eigenvalue weighted by Gasteiger charge is 2.31. The fraction of sp³-hybridized carbons (Fsp3) is 0.625. The summed E-state index contributed by atoms with van der Waals surface area (Å²) in [5.74, 6) is 0.752. The zero-order valence-corrected chi connectivity index (χ0v) is 12.4. The molecule has 0 unspecified atom stereocenters. The van der Waals surface area contributed by atoms with Crippen molar-refractivity contribution in [2.75, 3.05) is 6.54 Å². The Bertz CT molecular complexity index is 484. The van der Waals surface area contributed by atoms with Gasteiger partial charge in [0.1, 0.15) is 5.76 Å². The van der Waals surface area contributed by atoms with Gasteiger partial charge in [-0.1, -0.05) is 19.3 Å². The molecule has 114 valence electrons. The highest BCUT2D eigenvalue weighted by Crippen LogP contribution is 2.29. The van der Waals surface area contributed by atoms with Crippen LogP contribution in [0.5, 0.6) is 0 Å². The first-order chi connectivity index (χ1) is 10.1.